The third kappa shape index (κ3) is 2.64. The van der Waals surface area contributed by atoms with Crippen molar-refractivity contribution in [2.75, 3.05) is 14.2 Å². The number of methoxy groups -OCH3 is 2. The topological polar surface area (TPSA) is 71.1 Å². The summed E-state index contributed by atoms with van der Waals surface area (Å²) in [4.78, 5) is 27.4. The molecule has 5 rings (SSSR count). The number of benzene rings is 2. The summed E-state index contributed by atoms with van der Waals surface area (Å²) in [6, 6.07) is 11.3. The second-order valence-corrected chi connectivity index (χ2v) is 8.40. The minimum absolute atomic E-state index is 0.130. The van der Waals surface area contributed by atoms with Crippen molar-refractivity contribution in [3.8, 4) is 17.2 Å². The molecular formula is C24H21ClO6. The number of halogens is 1. The number of Topliss-reactive ketones (excluding diaryl/α,β-unsaturated/α-hetero) is 2. The number of fused-ring (bicyclic) bond motifs is 1. The van der Waals surface area contributed by atoms with Crippen LogP contribution in [0.4, 0.5) is 0 Å². The van der Waals surface area contributed by atoms with Gasteiger partial charge in [-0.05, 0) is 5.56 Å². The Morgan fingerprint density at radius 1 is 1.03 bits per heavy atom. The molecule has 0 bridgehead atoms. The van der Waals surface area contributed by atoms with Gasteiger partial charge in [-0.25, -0.2) is 0 Å². The van der Waals surface area contributed by atoms with Gasteiger partial charge in [-0.3, -0.25) is 9.59 Å². The smallest absolute Gasteiger partial charge is 0.236 e. The molecule has 3 atom stereocenters. The van der Waals surface area contributed by atoms with E-state index in [4.69, 9.17) is 30.5 Å². The van der Waals surface area contributed by atoms with Crippen LogP contribution in [0.3, 0.4) is 0 Å². The van der Waals surface area contributed by atoms with E-state index in [0.29, 0.717) is 29.9 Å². The first kappa shape index (κ1) is 19.9. The lowest BCUT2D eigenvalue weighted by molar-refractivity contribution is -0.130. The Bertz CT molecular complexity index is 1140. The predicted octanol–water partition coefficient (Wildman–Crippen LogP) is 4.70. The molecule has 0 fully saturated rings. The minimum Gasteiger partial charge on any atom is -0.496 e. The van der Waals surface area contributed by atoms with E-state index in [9.17, 15) is 9.59 Å². The van der Waals surface area contributed by atoms with Gasteiger partial charge in [0, 0.05) is 30.4 Å². The van der Waals surface area contributed by atoms with Gasteiger partial charge < -0.3 is 18.9 Å². The first-order valence-corrected chi connectivity index (χ1v) is 10.5. The van der Waals surface area contributed by atoms with Crippen LogP contribution in [0, 0.1) is 5.92 Å². The van der Waals surface area contributed by atoms with Gasteiger partial charge in [0.2, 0.25) is 17.2 Å². The van der Waals surface area contributed by atoms with Gasteiger partial charge >= 0.3 is 0 Å². The normalized spacial score (nSPS) is 26.5. The summed E-state index contributed by atoms with van der Waals surface area (Å²) in [7, 11) is 2.91. The highest BCUT2D eigenvalue weighted by Crippen LogP contribution is 2.55. The summed E-state index contributed by atoms with van der Waals surface area (Å²) in [5, 5.41) is 0.146. The molecule has 0 aromatic heterocycles. The number of allylic oxidation sites excluding steroid dienone is 1. The number of hydrogen-bond acceptors (Lipinski definition) is 6. The van der Waals surface area contributed by atoms with Crippen LogP contribution in [0.25, 0.3) is 0 Å². The van der Waals surface area contributed by atoms with Gasteiger partial charge in [-0.2, -0.15) is 0 Å². The van der Waals surface area contributed by atoms with E-state index in [1.54, 1.807) is 0 Å². The first-order chi connectivity index (χ1) is 14.9. The third-order valence-electron chi connectivity index (χ3n) is 6.40. The molecule has 6 nitrogen and oxygen atoms in total. The molecule has 1 aliphatic carbocycles. The molecule has 0 radical (unpaired) electrons. The molecule has 0 unspecified atom stereocenters. The fourth-order valence-corrected chi connectivity index (χ4v) is 5.04. The first-order valence-electron chi connectivity index (χ1n) is 10.1. The van der Waals surface area contributed by atoms with Crippen molar-refractivity contribution in [3.63, 3.8) is 0 Å². The second kappa shape index (κ2) is 7.02. The maximum absolute atomic E-state index is 13.8. The molecule has 0 saturated carbocycles. The van der Waals surface area contributed by atoms with Crippen molar-refractivity contribution in [1.82, 2.24) is 0 Å². The summed E-state index contributed by atoms with van der Waals surface area (Å²) in [5.41, 5.74) is -0.00612. The molecule has 3 aliphatic rings. The Morgan fingerprint density at radius 2 is 1.74 bits per heavy atom. The van der Waals surface area contributed by atoms with E-state index in [1.807, 2.05) is 37.3 Å². The predicted molar refractivity (Wildman–Crippen MR) is 113 cm³/mol. The lowest BCUT2D eigenvalue weighted by Crippen LogP contribution is -2.56. The van der Waals surface area contributed by atoms with E-state index < -0.39 is 17.3 Å². The third-order valence-corrected chi connectivity index (χ3v) is 6.76. The highest BCUT2D eigenvalue weighted by atomic mass is 35.5. The Hall–Kier alpha value is -2.99. The average molecular weight is 441 g/mol. The van der Waals surface area contributed by atoms with Crippen LogP contribution in [-0.4, -0.2) is 31.4 Å². The summed E-state index contributed by atoms with van der Waals surface area (Å²) in [6.45, 7) is 1.82. The van der Waals surface area contributed by atoms with E-state index in [0.717, 1.165) is 5.56 Å². The monoisotopic (exact) mass is 440 g/mol. The molecule has 0 N–H and O–H groups in total. The number of carbonyl (C=O) groups excluding carboxylic acids is 2. The van der Waals surface area contributed by atoms with Gasteiger partial charge in [0.25, 0.3) is 0 Å². The highest BCUT2D eigenvalue weighted by Gasteiger charge is 2.63. The van der Waals surface area contributed by atoms with E-state index >= 15 is 0 Å². The largest absolute Gasteiger partial charge is 0.496 e. The fraction of sp³-hybridized carbons (Fsp3) is 0.333. The number of ether oxygens (including phenoxy) is 4. The van der Waals surface area contributed by atoms with Crippen LogP contribution in [0.2, 0.25) is 5.02 Å². The van der Waals surface area contributed by atoms with Gasteiger partial charge in [-0.1, -0.05) is 48.9 Å². The van der Waals surface area contributed by atoms with Gasteiger partial charge in [0.15, 0.2) is 5.75 Å². The summed E-state index contributed by atoms with van der Waals surface area (Å²) >= 11 is 6.46. The van der Waals surface area contributed by atoms with Crippen molar-refractivity contribution >= 4 is 23.2 Å². The Kier molecular flexibility index (Phi) is 4.52. The maximum Gasteiger partial charge on any atom is 0.236 e. The van der Waals surface area contributed by atoms with Crippen LogP contribution >= 0.6 is 11.6 Å². The van der Waals surface area contributed by atoms with Crippen LogP contribution in [0.1, 0.15) is 41.8 Å². The zero-order chi connectivity index (χ0) is 21.9. The minimum atomic E-state index is -1.68. The standard InChI is InChI=1S/C24H21ClO6/c1-12-9-16-14(10-15(30-16)13-7-5-4-6-8-13)22(26)24(12)23(27)19-17(28-2)11-18(29-3)20(25)21(19)31-24/h4-8,11-12,15H,9-10H2,1-3H3/t12-,15+,24+/m1/s1. The fourth-order valence-electron chi connectivity index (χ4n) is 4.77. The average Bonchev–Trinajstić information content (AvgIpc) is 3.34. The van der Waals surface area contributed by atoms with Gasteiger partial charge in [0.1, 0.15) is 33.9 Å². The number of rotatable bonds is 3. The molecule has 1 spiro atoms. The summed E-state index contributed by atoms with van der Waals surface area (Å²) < 4.78 is 23.0. The van der Waals surface area contributed by atoms with Crippen LogP contribution in [0.5, 0.6) is 17.2 Å². The maximum atomic E-state index is 13.8. The van der Waals surface area contributed by atoms with Crippen molar-refractivity contribution in [1.29, 1.82) is 0 Å². The van der Waals surface area contributed by atoms with E-state index in [2.05, 4.69) is 0 Å². The number of hydrogen-bond donors (Lipinski definition) is 0. The second-order valence-electron chi connectivity index (χ2n) is 8.02. The number of carbonyl (C=O) groups is 2. The Labute approximate surface area is 184 Å². The lowest BCUT2D eigenvalue weighted by atomic mass is 9.71. The zero-order valence-electron chi connectivity index (χ0n) is 17.4. The van der Waals surface area contributed by atoms with Crippen LogP contribution < -0.4 is 14.2 Å². The summed E-state index contributed by atoms with van der Waals surface area (Å²) in [5.74, 6) is 0.105. The van der Waals surface area contributed by atoms with Crippen molar-refractivity contribution in [3.05, 3.63) is 63.9 Å². The SMILES string of the molecule is COc1cc(OC)c2c(c1Cl)O[C@@]1(C(=O)C3=C(C[C@H]1C)O[C@H](c1ccccc1)C3)C2=O. The Balaban J connectivity index is 1.56. The molecule has 0 saturated heterocycles. The highest BCUT2D eigenvalue weighted by molar-refractivity contribution is 6.36. The van der Waals surface area contributed by atoms with Crippen LogP contribution in [-0.2, 0) is 9.53 Å². The molecule has 0 amide bonds. The van der Waals surface area contributed by atoms with Gasteiger partial charge in [-0.15, -0.1) is 0 Å². The molecule has 31 heavy (non-hydrogen) atoms. The quantitative estimate of drug-likeness (QED) is 0.644. The Morgan fingerprint density at radius 3 is 2.42 bits per heavy atom. The van der Waals surface area contributed by atoms with E-state index in [-0.39, 0.29) is 34.0 Å². The van der Waals surface area contributed by atoms with Crippen molar-refractivity contribution in [2.45, 2.75) is 31.5 Å². The molecule has 2 aromatic carbocycles. The van der Waals surface area contributed by atoms with Gasteiger partial charge in [0.05, 0.1) is 14.2 Å². The number of ketones is 2. The molecular weight excluding hydrogens is 420 g/mol. The molecule has 7 heteroatoms. The van der Waals surface area contributed by atoms with E-state index in [1.165, 1.54) is 20.3 Å². The summed E-state index contributed by atoms with van der Waals surface area (Å²) in [6.07, 6.45) is 0.560. The molecule has 2 aromatic rings. The lowest BCUT2D eigenvalue weighted by Gasteiger charge is -2.35. The molecule has 2 aliphatic heterocycles. The van der Waals surface area contributed by atoms with Crippen LogP contribution in [0.15, 0.2) is 47.7 Å². The van der Waals surface area contributed by atoms with Crippen molar-refractivity contribution in [2.24, 2.45) is 5.92 Å². The van der Waals surface area contributed by atoms with Crippen molar-refractivity contribution < 1.29 is 28.5 Å². The molecule has 2 heterocycles. The zero-order valence-corrected chi connectivity index (χ0v) is 18.1. The molecule has 160 valence electrons.